The van der Waals surface area contributed by atoms with Gasteiger partial charge in [-0.2, -0.15) is 13.2 Å². The quantitative estimate of drug-likeness (QED) is 0.329. The molecule has 2 amide bonds. The van der Waals surface area contributed by atoms with Crippen LogP contribution in [-0.2, 0) is 27.0 Å². The fourth-order valence-electron chi connectivity index (χ4n) is 3.61. The zero-order valence-electron chi connectivity index (χ0n) is 16.5. The van der Waals surface area contributed by atoms with Gasteiger partial charge in [0, 0.05) is 49.2 Å². The zero-order valence-corrected chi connectivity index (χ0v) is 16.5. The lowest BCUT2D eigenvalue weighted by atomic mass is 10.1. The minimum Gasteiger partial charge on any atom is -0.426 e. The Bertz CT molecular complexity index is 1090. The molecule has 11 heteroatoms. The maximum absolute atomic E-state index is 13.8. The maximum atomic E-state index is 13.8. The molecule has 0 aromatic heterocycles. The van der Waals surface area contributed by atoms with Gasteiger partial charge in [0.15, 0.2) is 0 Å². The summed E-state index contributed by atoms with van der Waals surface area (Å²) in [5.41, 5.74) is -0.0846. The van der Waals surface area contributed by atoms with Crippen LogP contribution in [0.3, 0.4) is 0 Å². The van der Waals surface area contributed by atoms with Crippen molar-refractivity contribution in [2.75, 3.05) is 36.4 Å². The Morgan fingerprint density at radius 2 is 1.72 bits per heavy atom. The van der Waals surface area contributed by atoms with Crippen molar-refractivity contribution in [3.63, 3.8) is 0 Å². The fraction of sp³-hybridized carbons (Fsp3) is 0.286. The third-order valence-electron chi connectivity index (χ3n) is 5.27. The number of carbonyl (C=O) groups is 3. The number of piperazine rings is 1. The summed E-state index contributed by atoms with van der Waals surface area (Å²) in [6.45, 7) is 0.713. The molecular weight excluding hydrogens is 434 g/mol. The molecule has 0 saturated carbocycles. The number of hydrogen-bond donors (Lipinski definition) is 1. The van der Waals surface area contributed by atoms with Gasteiger partial charge in [-0.05, 0) is 24.3 Å². The van der Waals surface area contributed by atoms with E-state index in [1.54, 1.807) is 17.0 Å². The molecule has 2 aromatic carbocycles. The van der Waals surface area contributed by atoms with Crippen molar-refractivity contribution in [3.05, 3.63) is 53.3 Å². The number of ether oxygens (including phenoxy) is 1. The van der Waals surface area contributed by atoms with Gasteiger partial charge >= 0.3 is 24.0 Å². The smallest absolute Gasteiger partial charge is 0.419 e. The Hall–Kier alpha value is -3.63. The molecule has 2 heterocycles. The van der Waals surface area contributed by atoms with Gasteiger partial charge in [-0.15, -0.1) is 0 Å². The number of anilines is 2. The number of rotatable bonds is 2. The minimum absolute atomic E-state index is 0.136. The van der Waals surface area contributed by atoms with Crippen LogP contribution in [0, 0.1) is 5.82 Å². The van der Waals surface area contributed by atoms with Gasteiger partial charge in [0.25, 0.3) is 0 Å². The number of alkyl halides is 3. The van der Waals surface area contributed by atoms with Crippen molar-refractivity contribution in [3.8, 4) is 5.75 Å². The Balaban J connectivity index is 1.34. The van der Waals surface area contributed by atoms with E-state index in [9.17, 15) is 31.9 Å². The largest absolute Gasteiger partial charge is 0.426 e. The lowest BCUT2D eigenvalue weighted by molar-refractivity contribution is -0.143. The molecule has 2 aliphatic rings. The van der Waals surface area contributed by atoms with Crippen molar-refractivity contribution in [2.24, 2.45) is 0 Å². The van der Waals surface area contributed by atoms with Gasteiger partial charge in [0.2, 0.25) is 0 Å². The Morgan fingerprint density at radius 1 is 1.00 bits per heavy atom. The van der Waals surface area contributed by atoms with Gasteiger partial charge in [-0.1, -0.05) is 6.07 Å². The molecule has 2 aromatic rings. The second kappa shape index (κ2) is 8.13. The van der Waals surface area contributed by atoms with Crippen LogP contribution in [0.25, 0.3) is 0 Å². The first-order chi connectivity index (χ1) is 15.1. The van der Waals surface area contributed by atoms with Crippen LogP contribution in [0.5, 0.6) is 5.75 Å². The molecule has 1 saturated heterocycles. The molecule has 0 atom stereocenters. The molecule has 1 N–H and O–H groups in total. The van der Waals surface area contributed by atoms with Gasteiger partial charge in [-0.25, -0.2) is 4.39 Å². The summed E-state index contributed by atoms with van der Waals surface area (Å²) in [7, 11) is 0. The lowest BCUT2D eigenvalue weighted by Crippen LogP contribution is -2.51. The number of hydrogen-bond acceptors (Lipinski definition) is 5. The first kappa shape index (κ1) is 21.6. The molecular formula is C21H17F4N3O4. The molecule has 2 aliphatic heterocycles. The highest BCUT2D eigenvalue weighted by atomic mass is 19.4. The number of fused-ring (bicyclic) bond motifs is 1. The van der Waals surface area contributed by atoms with Crippen molar-refractivity contribution < 1.29 is 36.7 Å². The second-order valence-corrected chi connectivity index (χ2v) is 7.37. The zero-order chi connectivity index (χ0) is 23.0. The average Bonchev–Trinajstić information content (AvgIpc) is 3.11. The molecule has 168 valence electrons. The van der Waals surface area contributed by atoms with Gasteiger partial charge in [0.05, 0.1) is 12.0 Å². The molecule has 0 aliphatic carbocycles. The first-order valence-electron chi connectivity index (χ1n) is 9.67. The van der Waals surface area contributed by atoms with E-state index in [1.807, 2.05) is 0 Å². The number of nitrogens with one attached hydrogen (secondary N) is 1. The number of benzene rings is 2. The van der Waals surface area contributed by atoms with Crippen LogP contribution in [-0.4, -0.2) is 48.9 Å². The summed E-state index contributed by atoms with van der Waals surface area (Å²) in [6.07, 6.45) is -4.63. The third kappa shape index (κ3) is 4.36. The summed E-state index contributed by atoms with van der Waals surface area (Å²) in [5.74, 6) is -3.08. The number of amides is 2. The van der Waals surface area contributed by atoms with Crippen molar-refractivity contribution in [2.45, 2.75) is 12.6 Å². The second-order valence-electron chi connectivity index (χ2n) is 7.37. The van der Waals surface area contributed by atoms with Crippen LogP contribution < -0.4 is 15.0 Å². The minimum atomic E-state index is -4.78. The highest BCUT2D eigenvalue weighted by molar-refractivity contribution is 6.39. The highest BCUT2D eigenvalue weighted by Gasteiger charge is 2.34. The number of esters is 1. The van der Waals surface area contributed by atoms with Gasteiger partial charge < -0.3 is 19.9 Å². The van der Waals surface area contributed by atoms with E-state index in [1.165, 1.54) is 17.0 Å². The fourth-order valence-corrected chi connectivity index (χ4v) is 3.61. The van der Waals surface area contributed by atoms with E-state index in [2.05, 4.69) is 5.32 Å². The van der Waals surface area contributed by atoms with E-state index in [-0.39, 0.29) is 38.3 Å². The lowest BCUT2D eigenvalue weighted by Gasteiger charge is -2.35. The molecule has 32 heavy (non-hydrogen) atoms. The van der Waals surface area contributed by atoms with Crippen molar-refractivity contribution in [1.82, 2.24) is 4.90 Å². The van der Waals surface area contributed by atoms with Crippen LogP contribution >= 0.6 is 0 Å². The normalized spacial score (nSPS) is 15.9. The van der Waals surface area contributed by atoms with E-state index >= 15 is 0 Å². The predicted molar refractivity (Wildman–Crippen MR) is 105 cm³/mol. The summed E-state index contributed by atoms with van der Waals surface area (Å²) in [4.78, 5) is 39.0. The standard InChI is InChI=1S/C21H17F4N3O4/c22-16-11-14(3-4-15(16)21(23,24)25)27-5-7-28(8-6-27)20(31)19(30)26-13-2-1-12-9-18(29)32-17(12)10-13/h1-4,10-11H,5-9H2,(H,26,30). The summed E-state index contributed by atoms with van der Waals surface area (Å²) in [5, 5.41) is 2.46. The van der Waals surface area contributed by atoms with Crippen LogP contribution in [0.15, 0.2) is 36.4 Å². The van der Waals surface area contributed by atoms with E-state index in [0.717, 1.165) is 6.07 Å². The highest BCUT2D eigenvalue weighted by Crippen LogP contribution is 2.33. The van der Waals surface area contributed by atoms with E-state index in [4.69, 9.17) is 4.74 Å². The molecule has 0 spiro atoms. The Kier molecular flexibility index (Phi) is 5.49. The third-order valence-corrected chi connectivity index (χ3v) is 5.27. The molecule has 0 unspecified atom stereocenters. The van der Waals surface area contributed by atoms with Crippen LogP contribution in [0.4, 0.5) is 28.9 Å². The summed E-state index contributed by atoms with van der Waals surface area (Å²) in [6, 6.07) is 7.32. The maximum Gasteiger partial charge on any atom is 0.419 e. The molecule has 0 bridgehead atoms. The van der Waals surface area contributed by atoms with E-state index < -0.39 is 35.3 Å². The summed E-state index contributed by atoms with van der Waals surface area (Å²) >= 11 is 0. The molecule has 7 nitrogen and oxygen atoms in total. The summed E-state index contributed by atoms with van der Waals surface area (Å²) < 4.78 is 57.0. The SMILES string of the molecule is O=C1Cc2ccc(NC(=O)C(=O)N3CCN(c4ccc(C(F)(F)F)c(F)c4)CC3)cc2O1. The van der Waals surface area contributed by atoms with Gasteiger partial charge in [0.1, 0.15) is 11.6 Å². The molecule has 4 rings (SSSR count). The Labute approximate surface area is 179 Å². The number of carbonyl (C=O) groups excluding carboxylic acids is 3. The van der Waals surface area contributed by atoms with Crippen molar-refractivity contribution >= 4 is 29.2 Å². The molecule has 0 radical (unpaired) electrons. The van der Waals surface area contributed by atoms with Crippen LogP contribution in [0.1, 0.15) is 11.1 Å². The van der Waals surface area contributed by atoms with Crippen molar-refractivity contribution in [1.29, 1.82) is 0 Å². The molecule has 1 fully saturated rings. The number of nitrogens with zero attached hydrogens (tertiary/aromatic N) is 2. The monoisotopic (exact) mass is 451 g/mol. The number of halogens is 4. The van der Waals surface area contributed by atoms with Gasteiger partial charge in [-0.3, -0.25) is 14.4 Å². The Morgan fingerprint density at radius 3 is 2.38 bits per heavy atom. The topological polar surface area (TPSA) is 79.0 Å². The van der Waals surface area contributed by atoms with Crippen LogP contribution in [0.2, 0.25) is 0 Å². The predicted octanol–water partition coefficient (Wildman–Crippen LogP) is 2.59. The van der Waals surface area contributed by atoms with E-state index in [0.29, 0.717) is 23.1 Å². The first-order valence-corrected chi connectivity index (χ1v) is 9.67. The average molecular weight is 451 g/mol.